The average molecular weight is 207 g/mol. The van der Waals surface area contributed by atoms with Gasteiger partial charge >= 0.3 is 0 Å². The number of hydrogen-bond acceptors (Lipinski definition) is 5. The lowest BCUT2D eigenvalue weighted by Gasteiger charge is -2.12. The molecule has 1 atom stereocenters. The molecule has 0 aliphatic rings. The van der Waals surface area contributed by atoms with Crippen LogP contribution in [0.4, 0.5) is 0 Å². The van der Waals surface area contributed by atoms with Crippen molar-refractivity contribution in [2.75, 3.05) is 12.4 Å². The quantitative estimate of drug-likeness (QED) is 0.249. The number of amidine groups is 1. The van der Waals surface area contributed by atoms with Crippen molar-refractivity contribution in [1.29, 1.82) is 0 Å². The fraction of sp³-hybridized carbons (Fsp3) is 0.857. The van der Waals surface area contributed by atoms with Crippen LogP contribution in [0.2, 0.25) is 0 Å². The van der Waals surface area contributed by atoms with E-state index in [-0.39, 0.29) is 11.3 Å². The van der Waals surface area contributed by atoms with E-state index < -0.39 is 6.10 Å². The molecule has 0 saturated carbocycles. The van der Waals surface area contributed by atoms with Crippen molar-refractivity contribution in [2.45, 2.75) is 26.1 Å². The fourth-order valence-electron chi connectivity index (χ4n) is 0.570. The van der Waals surface area contributed by atoms with Gasteiger partial charge < -0.3 is 21.4 Å². The highest BCUT2D eigenvalue weighted by Gasteiger charge is 2.06. The van der Waals surface area contributed by atoms with E-state index in [4.69, 9.17) is 16.3 Å². The lowest BCUT2D eigenvalue weighted by molar-refractivity contribution is 0.0153. The first kappa shape index (κ1) is 12.5. The van der Waals surface area contributed by atoms with E-state index in [0.29, 0.717) is 12.4 Å². The molecular formula is C7H17N3O2S. The highest BCUT2D eigenvalue weighted by atomic mass is 32.2. The Kier molecular flexibility index (Phi) is 6.75. The maximum Gasteiger partial charge on any atom is 0.177 e. The van der Waals surface area contributed by atoms with E-state index in [9.17, 15) is 5.11 Å². The van der Waals surface area contributed by atoms with E-state index in [1.807, 2.05) is 13.8 Å². The molecule has 5 N–H and O–H groups in total. The summed E-state index contributed by atoms with van der Waals surface area (Å²) in [5.74, 6) is 5.35. The van der Waals surface area contributed by atoms with E-state index >= 15 is 0 Å². The van der Waals surface area contributed by atoms with Crippen molar-refractivity contribution in [3.8, 4) is 0 Å². The first-order valence-corrected chi connectivity index (χ1v) is 5.00. The average Bonchev–Trinajstić information content (AvgIpc) is 2.10. The maximum atomic E-state index is 9.35. The summed E-state index contributed by atoms with van der Waals surface area (Å²) in [7, 11) is 0. The summed E-state index contributed by atoms with van der Waals surface area (Å²) < 4.78 is 5.19. The van der Waals surface area contributed by atoms with Gasteiger partial charge in [-0.3, -0.25) is 0 Å². The van der Waals surface area contributed by atoms with Gasteiger partial charge in [-0.1, -0.05) is 11.8 Å². The molecule has 1 unspecified atom stereocenters. The van der Waals surface area contributed by atoms with Crippen LogP contribution in [0, 0.1) is 0 Å². The molecule has 13 heavy (non-hydrogen) atoms. The molecule has 0 saturated heterocycles. The van der Waals surface area contributed by atoms with Crippen LogP contribution >= 0.6 is 11.8 Å². The number of nitrogens with zero attached hydrogens (tertiary/aromatic N) is 1. The minimum absolute atomic E-state index is 0.125. The number of rotatable bonds is 5. The van der Waals surface area contributed by atoms with Crippen LogP contribution in [-0.2, 0) is 4.74 Å². The van der Waals surface area contributed by atoms with Crippen molar-refractivity contribution in [3.63, 3.8) is 0 Å². The van der Waals surface area contributed by atoms with E-state index in [1.165, 1.54) is 11.8 Å². The molecule has 0 aromatic heterocycles. The highest BCUT2D eigenvalue weighted by Crippen LogP contribution is 2.03. The summed E-state index contributed by atoms with van der Waals surface area (Å²) in [6.45, 7) is 4.13. The maximum absolute atomic E-state index is 9.35. The second kappa shape index (κ2) is 6.99. The van der Waals surface area contributed by atoms with Gasteiger partial charge in [-0.05, 0) is 13.8 Å². The standard InChI is InChI=1S/C7H17N3O2S/c1-5(2)12-3-6(11)4-13-7(8)10-9/h5-6,11H,3-4,9H2,1-2H3,(H2,8,10). The predicted molar refractivity (Wildman–Crippen MR) is 55.4 cm³/mol. The minimum atomic E-state index is -0.535. The number of aliphatic hydroxyl groups excluding tert-OH is 1. The van der Waals surface area contributed by atoms with Gasteiger partial charge in [-0.25, -0.2) is 0 Å². The molecule has 0 rings (SSSR count). The van der Waals surface area contributed by atoms with Crippen molar-refractivity contribution < 1.29 is 9.84 Å². The zero-order valence-corrected chi connectivity index (χ0v) is 8.75. The van der Waals surface area contributed by atoms with Gasteiger partial charge in [0.15, 0.2) is 5.17 Å². The Morgan fingerprint density at radius 3 is 2.69 bits per heavy atom. The molecule has 0 aliphatic carbocycles. The molecule has 0 aliphatic heterocycles. The predicted octanol–water partition coefficient (Wildman–Crippen LogP) is -0.306. The van der Waals surface area contributed by atoms with Gasteiger partial charge in [0.1, 0.15) is 0 Å². The van der Waals surface area contributed by atoms with Crippen LogP contribution in [0.1, 0.15) is 13.8 Å². The van der Waals surface area contributed by atoms with Crippen LogP contribution in [0.25, 0.3) is 0 Å². The Bertz CT molecular complexity index is 164. The molecule has 0 aromatic carbocycles. The van der Waals surface area contributed by atoms with Gasteiger partial charge in [0.2, 0.25) is 0 Å². The molecule has 78 valence electrons. The van der Waals surface area contributed by atoms with Gasteiger partial charge in [-0.15, -0.1) is 0 Å². The van der Waals surface area contributed by atoms with Gasteiger partial charge in [0.25, 0.3) is 0 Å². The SMILES string of the molecule is CC(C)OCC(O)CSC(N)=NN. The monoisotopic (exact) mass is 207 g/mol. The molecule has 0 amide bonds. The van der Waals surface area contributed by atoms with Gasteiger partial charge in [0, 0.05) is 5.75 Å². The van der Waals surface area contributed by atoms with Gasteiger partial charge in [-0.2, -0.15) is 5.10 Å². The molecule has 6 heteroatoms. The first-order chi connectivity index (χ1) is 6.06. The normalized spacial score (nSPS) is 14.9. The number of ether oxygens (including phenoxy) is 1. The second-order valence-corrected chi connectivity index (χ2v) is 3.85. The zero-order chi connectivity index (χ0) is 10.3. The molecule has 0 spiro atoms. The molecule has 0 radical (unpaired) electrons. The molecular weight excluding hydrogens is 190 g/mol. The molecule has 0 aromatic rings. The van der Waals surface area contributed by atoms with E-state index in [1.54, 1.807) is 0 Å². The Labute approximate surface area is 82.5 Å². The van der Waals surface area contributed by atoms with Crippen LogP contribution in [-0.4, -0.2) is 34.8 Å². The molecule has 0 bridgehead atoms. The van der Waals surface area contributed by atoms with Crippen molar-refractivity contribution >= 4 is 16.9 Å². The van der Waals surface area contributed by atoms with Crippen molar-refractivity contribution in [2.24, 2.45) is 16.7 Å². The third-order valence-electron chi connectivity index (χ3n) is 1.17. The summed E-state index contributed by atoms with van der Waals surface area (Å²) in [5, 5.41) is 12.9. The Morgan fingerprint density at radius 2 is 2.23 bits per heavy atom. The number of nitrogens with two attached hydrogens (primary N) is 2. The van der Waals surface area contributed by atoms with Crippen LogP contribution < -0.4 is 11.6 Å². The molecule has 0 fully saturated rings. The number of hydrogen-bond donors (Lipinski definition) is 3. The second-order valence-electron chi connectivity index (χ2n) is 2.81. The molecule has 0 heterocycles. The lowest BCUT2D eigenvalue weighted by atomic mass is 10.4. The summed E-state index contributed by atoms with van der Waals surface area (Å²) in [6, 6.07) is 0. The summed E-state index contributed by atoms with van der Waals surface area (Å²) >= 11 is 1.21. The largest absolute Gasteiger partial charge is 0.390 e. The third kappa shape index (κ3) is 7.89. The zero-order valence-electron chi connectivity index (χ0n) is 7.93. The Morgan fingerprint density at radius 1 is 1.62 bits per heavy atom. The third-order valence-corrected chi connectivity index (χ3v) is 2.13. The molecule has 5 nitrogen and oxygen atoms in total. The van der Waals surface area contributed by atoms with E-state index in [0.717, 1.165) is 0 Å². The van der Waals surface area contributed by atoms with Gasteiger partial charge in [0.05, 0.1) is 18.8 Å². The Hall–Kier alpha value is -0.460. The Balaban J connectivity index is 3.46. The van der Waals surface area contributed by atoms with Crippen molar-refractivity contribution in [3.05, 3.63) is 0 Å². The smallest absolute Gasteiger partial charge is 0.177 e. The number of thioether (sulfide) groups is 1. The fourth-order valence-corrected chi connectivity index (χ4v) is 1.10. The van der Waals surface area contributed by atoms with Crippen molar-refractivity contribution in [1.82, 2.24) is 0 Å². The first-order valence-electron chi connectivity index (χ1n) is 4.02. The van der Waals surface area contributed by atoms with Crippen LogP contribution in [0.3, 0.4) is 0 Å². The topological polar surface area (TPSA) is 93.9 Å². The highest BCUT2D eigenvalue weighted by molar-refractivity contribution is 8.13. The van der Waals surface area contributed by atoms with E-state index in [2.05, 4.69) is 5.10 Å². The summed E-state index contributed by atoms with van der Waals surface area (Å²) in [6.07, 6.45) is -0.409. The summed E-state index contributed by atoms with van der Waals surface area (Å²) in [5.41, 5.74) is 5.31. The number of hydrazone groups is 1. The lowest BCUT2D eigenvalue weighted by Crippen LogP contribution is -2.23. The summed E-state index contributed by atoms with van der Waals surface area (Å²) in [4.78, 5) is 0. The van der Waals surface area contributed by atoms with Crippen LogP contribution in [0.15, 0.2) is 5.10 Å². The van der Waals surface area contributed by atoms with Crippen LogP contribution in [0.5, 0.6) is 0 Å². The minimum Gasteiger partial charge on any atom is -0.390 e. The number of aliphatic hydroxyl groups is 1.